The first-order valence-electron chi connectivity index (χ1n) is 5.12. The summed E-state index contributed by atoms with van der Waals surface area (Å²) >= 11 is 0. The average molecular weight is 237 g/mol. The fourth-order valence-corrected chi connectivity index (χ4v) is 1.65. The maximum Gasteiger partial charge on any atom is 0.433 e. The molecule has 1 nitrogen and oxygen atoms in total. The molecule has 17 heavy (non-hydrogen) atoms. The minimum atomic E-state index is -4.40. The maximum absolute atomic E-state index is 12.7. The van der Waals surface area contributed by atoms with Gasteiger partial charge in [0.1, 0.15) is 5.69 Å². The highest BCUT2D eigenvalue weighted by Gasteiger charge is 2.34. The monoisotopic (exact) mass is 237 g/mol. The molecule has 0 radical (unpaired) electrons. The van der Waals surface area contributed by atoms with Crippen LogP contribution in [0.5, 0.6) is 0 Å². The van der Waals surface area contributed by atoms with E-state index in [1.807, 2.05) is 6.07 Å². The average Bonchev–Trinajstić information content (AvgIpc) is 2.30. The molecule has 0 atom stereocenters. The van der Waals surface area contributed by atoms with Crippen molar-refractivity contribution in [2.24, 2.45) is 0 Å². The van der Waals surface area contributed by atoms with Gasteiger partial charge in [0.15, 0.2) is 0 Å². The van der Waals surface area contributed by atoms with Crippen molar-refractivity contribution in [3.63, 3.8) is 0 Å². The fraction of sp³-hybridized carbons (Fsp3) is 0.154. The summed E-state index contributed by atoms with van der Waals surface area (Å²) in [5, 5.41) is 0. The Kier molecular flexibility index (Phi) is 3.13. The van der Waals surface area contributed by atoms with E-state index in [9.17, 15) is 13.2 Å². The molecular weight excluding hydrogens is 227 g/mol. The minimum absolute atomic E-state index is 0.200. The van der Waals surface area contributed by atoms with Crippen molar-refractivity contribution in [3.05, 3.63) is 65.5 Å². The van der Waals surface area contributed by atoms with E-state index in [1.54, 1.807) is 24.3 Å². The Hall–Kier alpha value is -1.84. The largest absolute Gasteiger partial charge is 0.433 e. The summed E-state index contributed by atoms with van der Waals surface area (Å²) in [5.74, 6) is 0. The molecule has 0 saturated heterocycles. The van der Waals surface area contributed by atoms with Gasteiger partial charge in [-0.25, -0.2) is 0 Å². The van der Waals surface area contributed by atoms with Crippen molar-refractivity contribution in [1.29, 1.82) is 0 Å². The van der Waals surface area contributed by atoms with Gasteiger partial charge in [-0.2, -0.15) is 13.2 Å². The molecule has 0 amide bonds. The molecule has 0 spiro atoms. The number of nitrogens with zero attached hydrogens (tertiary/aromatic N) is 1. The van der Waals surface area contributed by atoms with Crippen LogP contribution in [0.4, 0.5) is 13.2 Å². The second-order valence-corrected chi connectivity index (χ2v) is 3.67. The Bertz CT molecular complexity index is 492. The lowest BCUT2D eigenvalue weighted by atomic mass is 10.0. The van der Waals surface area contributed by atoms with Crippen molar-refractivity contribution in [3.8, 4) is 0 Å². The van der Waals surface area contributed by atoms with Crippen LogP contribution in [-0.4, -0.2) is 4.98 Å². The predicted molar refractivity (Wildman–Crippen MR) is 58.5 cm³/mol. The molecule has 0 aliphatic carbocycles. The smallest absolute Gasteiger partial charge is 0.251 e. The van der Waals surface area contributed by atoms with Gasteiger partial charge in [-0.15, -0.1) is 0 Å². The van der Waals surface area contributed by atoms with Crippen LogP contribution in [0.15, 0.2) is 48.7 Å². The second kappa shape index (κ2) is 4.57. The lowest BCUT2D eigenvalue weighted by Crippen LogP contribution is -2.11. The van der Waals surface area contributed by atoms with E-state index in [0.29, 0.717) is 0 Å². The number of alkyl halides is 3. The Morgan fingerprint density at radius 1 is 0.941 bits per heavy atom. The lowest BCUT2D eigenvalue weighted by molar-refractivity contribution is -0.141. The number of aromatic nitrogens is 1. The van der Waals surface area contributed by atoms with E-state index in [0.717, 1.165) is 11.8 Å². The fourth-order valence-electron chi connectivity index (χ4n) is 1.65. The first-order chi connectivity index (χ1) is 8.07. The second-order valence-electron chi connectivity index (χ2n) is 3.67. The zero-order valence-corrected chi connectivity index (χ0v) is 8.91. The summed E-state index contributed by atoms with van der Waals surface area (Å²) in [6, 6.07) is 12.0. The normalized spacial score (nSPS) is 11.5. The van der Waals surface area contributed by atoms with Crippen molar-refractivity contribution in [2.45, 2.75) is 12.6 Å². The van der Waals surface area contributed by atoms with Gasteiger partial charge in [0.25, 0.3) is 0 Å². The highest BCUT2D eigenvalue weighted by atomic mass is 19.4. The Morgan fingerprint density at radius 2 is 1.65 bits per heavy atom. The molecule has 2 aromatic rings. The standard InChI is InChI=1S/C13H10F3N/c14-13(15,16)12-11(7-4-8-17-12)9-10-5-2-1-3-6-10/h1-8H,9H2. The van der Waals surface area contributed by atoms with Gasteiger partial charge in [-0.3, -0.25) is 4.98 Å². The Labute approximate surface area is 96.9 Å². The summed E-state index contributed by atoms with van der Waals surface area (Å²) < 4.78 is 38.1. The number of halogens is 3. The van der Waals surface area contributed by atoms with Crippen LogP contribution in [0.2, 0.25) is 0 Å². The van der Waals surface area contributed by atoms with Crippen LogP contribution in [0, 0.1) is 0 Å². The molecule has 0 saturated carbocycles. The van der Waals surface area contributed by atoms with Crippen LogP contribution in [0.25, 0.3) is 0 Å². The molecule has 1 aromatic carbocycles. The highest BCUT2D eigenvalue weighted by molar-refractivity contribution is 5.29. The summed E-state index contributed by atoms with van der Waals surface area (Å²) in [7, 11) is 0. The Balaban J connectivity index is 2.34. The zero-order chi connectivity index (χ0) is 12.3. The summed E-state index contributed by atoms with van der Waals surface area (Å²) in [6.07, 6.45) is -2.99. The third kappa shape index (κ3) is 2.84. The molecule has 1 aromatic heterocycles. The van der Waals surface area contributed by atoms with E-state index < -0.39 is 11.9 Å². The third-order valence-corrected chi connectivity index (χ3v) is 2.40. The SMILES string of the molecule is FC(F)(F)c1ncccc1Cc1ccccc1. The molecule has 0 unspecified atom stereocenters. The van der Waals surface area contributed by atoms with Gasteiger partial charge >= 0.3 is 6.18 Å². The van der Waals surface area contributed by atoms with Gasteiger partial charge in [-0.05, 0) is 23.6 Å². The molecular formula is C13H10F3N. The molecule has 2 rings (SSSR count). The van der Waals surface area contributed by atoms with Gasteiger partial charge in [0.05, 0.1) is 0 Å². The van der Waals surface area contributed by atoms with E-state index in [-0.39, 0.29) is 12.0 Å². The quantitative estimate of drug-likeness (QED) is 0.776. The molecule has 88 valence electrons. The topological polar surface area (TPSA) is 12.9 Å². The maximum atomic E-state index is 12.7. The summed E-state index contributed by atoms with van der Waals surface area (Å²) in [4.78, 5) is 3.42. The molecule has 0 bridgehead atoms. The number of hydrogen-bond donors (Lipinski definition) is 0. The summed E-state index contributed by atoms with van der Waals surface area (Å²) in [6.45, 7) is 0. The Morgan fingerprint density at radius 3 is 2.29 bits per heavy atom. The number of hydrogen-bond acceptors (Lipinski definition) is 1. The zero-order valence-electron chi connectivity index (χ0n) is 8.91. The number of rotatable bonds is 2. The first-order valence-corrected chi connectivity index (χ1v) is 5.12. The van der Waals surface area contributed by atoms with Gasteiger partial charge in [0.2, 0.25) is 0 Å². The minimum Gasteiger partial charge on any atom is -0.251 e. The summed E-state index contributed by atoms with van der Waals surface area (Å²) in [5.41, 5.74) is 0.237. The van der Waals surface area contributed by atoms with E-state index in [1.165, 1.54) is 12.1 Å². The van der Waals surface area contributed by atoms with Crippen molar-refractivity contribution < 1.29 is 13.2 Å². The van der Waals surface area contributed by atoms with E-state index >= 15 is 0 Å². The van der Waals surface area contributed by atoms with Gasteiger partial charge in [0, 0.05) is 6.20 Å². The van der Waals surface area contributed by atoms with Crippen LogP contribution in [0.3, 0.4) is 0 Å². The number of benzene rings is 1. The molecule has 0 aliphatic rings. The van der Waals surface area contributed by atoms with Crippen molar-refractivity contribution >= 4 is 0 Å². The van der Waals surface area contributed by atoms with Crippen LogP contribution in [-0.2, 0) is 12.6 Å². The van der Waals surface area contributed by atoms with E-state index in [2.05, 4.69) is 4.98 Å². The van der Waals surface area contributed by atoms with Crippen LogP contribution in [0.1, 0.15) is 16.8 Å². The predicted octanol–water partition coefficient (Wildman–Crippen LogP) is 3.69. The molecule has 0 aliphatic heterocycles. The van der Waals surface area contributed by atoms with E-state index in [4.69, 9.17) is 0 Å². The number of pyridine rings is 1. The molecule has 0 N–H and O–H groups in total. The van der Waals surface area contributed by atoms with Crippen molar-refractivity contribution in [1.82, 2.24) is 4.98 Å². The van der Waals surface area contributed by atoms with Crippen LogP contribution >= 0.6 is 0 Å². The molecule has 4 heteroatoms. The van der Waals surface area contributed by atoms with Gasteiger partial charge in [-0.1, -0.05) is 36.4 Å². The molecule has 0 fully saturated rings. The molecule has 1 heterocycles. The lowest BCUT2D eigenvalue weighted by Gasteiger charge is -2.11. The first kappa shape index (κ1) is 11.6. The third-order valence-electron chi connectivity index (χ3n) is 2.40. The highest BCUT2D eigenvalue weighted by Crippen LogP contribution is 2.30. The van der Waals surface area contributed by atoms with Crippen molar-refractivity contribution in [2.75, 3.05) is 0 Å². The van der Waals surface area contributed by atoms with Crippen LogP contribution < -0.4 is 0 Å². The van der Waals surface area contributed by atoms with Gasteiger partial charge < -0.3 is 0 Å².